The molecule has 16 heavy (non-hydrogen) atoms. The second kappa shape index (κ2) is 7.10. The molecule has 0 bridgehead atoms. The molecule has 0 unspecified atom stereocenters. The van der Waals surface area contributed by atoms with Crippen molar-refractivity contribution >= 4 is 5.69 Å². The van der Waals surface area contributed by atoms with Crippen LogP contribution < -0.4 is 4.90 Å². The standard InChI is InChI=1S/C15H23N/c1-4-5-9-12-16(13-14(2)3)15-10-7-6-8-11-15/h6-8,10-11,13H,4-5,9,12H2,1-3H3. The summed E-state index contributed by atoms with van der Waals surface area (Å²) in [6.07, 6.45) is 6.08. The van der Waals surface area contributed by atoms with Crippen molar-refractivity contribution in [1.29, 1.82) is 0 Å². The Labute approximate surface area is 99.8 Å². The van der Waals surface area contributed by atoms with Crippen LogP contribution in [0.25, 0.3) is 0 Å². The number of hydrogen-bond acceptors (Lipinski definition) is 1. The maximum absolute atomic E-state index is 2.35. The average molecular weight is 217 g/mol. The van der Waals surface area contributed by atoms with Crippen LogP contribution in [0.2, 0.25) is 0 Å². The minimum Gasteiger partial charge on any atom is -0.348 e. The Kier molecular flexibility index (Phi) is 5.69. The van der Waals surface area contributed by atoms with Gasteiger partial charge in [-0.05, 0) is 32.4 Å². The zero-order chi connectivity index (χ0) is 11.8. The lowest BCUT2D eigenvalue weighted by atomic mass is 10.2. The van der Waals surface area contributed by atoms with Gasteiger partial charge < -0.3 is 4.90 Å². The van der Waals surface area contributed by atoms with Crippen molar-refractivity contribution in [2.24, 2.45) is 0 Å². The summed E-state index contributed by atoms with van der Waals surface area (Å²) in [4.78, 5) is 2.35. The second-order valence-electron chi connectivity index (χ2n) is 4.44. The van der Waals surface area contributed by atoms with E-state index in [1.54, 1.807) is 0 Å². The molecule has 1 rings (SSSR count). The van der Waals surface area contributed by atoms with E-state index in [4.69, 9.17) is 0 Å². The van der Waals surface area contributed by atoms with Gasteiger partial charge in [0.2, 0.25) is 0 Å². The van der Waals surface area contributed by atoms with Crippen LogP contribution in [0, 0.1) is 0 Å². The molecule has 0 spiro atoms. The highest BCUT2D eigenvalue weighted by molar-refractivity contribution is 5.49. The van der Waals surface area contributed by atoms with Crippen LogP contribution in [0.1, 0.15) is 40.0 Å². The quantitative estimate of drug-likeness (QED) is 0.629. The molecule has 1 aromatic carbocycles. The lowest BCUT2D eigenvalue weighted by Crippen LogP contribution is -2.17. The summed E-state index contributed by atoms with van der Waals surface area (Å²) in [7, 11) is 0. The van der Waals surface area contributed by atoms with Gasteiger partial charge in [-0.25, -0.2) is 0 Å². The summed E-state index contributed by atoms with van der Waals surface area (Å²) >= 11 is 0. The Morgan fingerprint density at radius 1 is 1.12 bits per heavy atom. The highest BCUT2D eigenvalue weighted by Gasteiger charge is 2.01. The molecule has 0 heterocycles. The number of allylic oxidation sites excluding steroid dienone is 1. The molecule has 0 saturated carbocycles. The van der Waals surface area contributed by atoms with Crippen molar-refractivity contribution < 1.29 is 0 Å². The Morgan fingerprint density at radius 3 is 2.38 bits per heavy atom. The molecule has 0 atom stereocenters. The number of hydrogen-bond donors (Lipinski definition) is 0. The summed E-state index contributed by atoms with van der Waals surface area (Å²) in [6.45, 7) is 7.66. The molecule has 0 N–H and O–H groups in total. The van der Waals surface area contributed by atoms with E-state index in [1.807, 2.05) is 0 Å². The van der Waals surface area contributed by atoms with Crippen LogP contribution in [0.15, 0.2) is 42.1 Å². The number of nitrogens with zero attached hydrogens (tertiary/aromatic N) is 1. The molecule has 0 aliphatic rings. The molecule has 0 radical (unpaired) electrons. The van der Waals surface area contributed by atoms with Crippen LogP contribution in [0.5, 0.6) is 0 Å². The van der Waals surface area contributed by atoms with Crippen molar-refractivity contribution in [2.75, 3.05) is 11.4 Å². The van der Waals surface area contributed by atoms with E-state index in [1.165, 1.54) is 30.5 Å². The molecule has 88 valence electrons. The van der Waals surface area contributed by atoms with E-state index >= 15 is 0 Å². The van der Waals surface area contributed by atoms with E-state index in [0.29, 0.717) is 0 Å². The van der Waals surface area contributed by atoms with Gasteiger partial charge in [-0.2, -0.15) is 0 Å². The molecule has 0 aliphatic heterocycles. The predicted molar refractivity (Wildman–Crippen MR) is 72.7 cm³/mol. The van der Waals surface area contributed by atoms with Gasteiger partial charge in [-0.3, -0.25) is 0 Å². The molecule has 1 heteroatoms. The first-order chi connectivity index (χ1) is 7.74. The average Bonchev–Trinajstić information content (AvgIpc) is 2.29. The van der Waals surface area contributed by atoms with Gasteiger partial charge in [0.15, 0.2) is 0 Å². The maximum Gasteiger partial charge on any atom is 0.0406 e. The number of benzene rings is 1. The van der Waals surface area contributed by atoms with E-state index in [-0.39, 0.29) is 0 Å². The third-order valence-electron chi connectivity index (χ3n) is 2.50. The predicted octanol–water partition coefficient (Wildman–Crippen LogP) is 4.61. The van der Waals surface area contributed by atoms with E-state index in [9.17, 15) is 0 Å². The normalized spacial score (nSPS) is 9.94. The molecule has 1 nitrogen and oxygen atoms in total. The molecule has 0 aromatic heterocycles. The van der Waals surface area contributed by atoms with Crippen molar-refractivity contribution in [3.8, 4) is 0 Å². The van der Waals surface area contributed by atoms with Crippen molar-refractivity contribution in [3.63, 3.8) is 0 Å². The topological polar surface area (TPSA) is 3.24 Å². The zero-order valence-electron chi connectivity index (χ0n) is 10.7. The van der Waals surface area contributed by atoms with E-state index in [2.05, 4.69) is 62.2 Å². The Hall–Kier alpha value is -1.24. The molecule has 1 aromatic rings. The van der Waals surface area contributed by atoms with Crippen LogP contribution >= 0.6 is 0 Å². The number of anilines is 1. The Balaban J connectivity index is 2.68. The van der Waals surface area contributed by atoms with Crippen LogP contribution in [-0.2, 0) is 0 Å². The molecular weight excluding hydrogens is 194 g/mol. The lowest BCUT2D eigenvalue weighted by Gasteiger charge is -2.21. The first kappa shape index (κ1) is 12.8. The molecule has 0 saturated heterocycles. The van der Waals surface area contributed by atoms with Gasteiger partial charge in [0.1, 0.15) is 0 Å². The molecular formula is C15H23N. The largest absolute Gasteiger partial charge is 0.348 e. The van der Waals surface area contributed by atoms with Crippen LogP contribution in [0.4, 0.5) is 5.69 Å². The minimum atomic E-state index is 1.11. The highest BCUT2D eigenvalue weighted by Crippen LogP contribution is 2.16. The van der Waals surface area contributed by atoms with Gasteiger partial charge in [0, 0.05) is 18.4 Å². The Morgan fingerprint density at radius 2 is 1.81 bits per heavy atom. The molecule has 0 aliphatic carbocycles. The third-order valence-corrected chi connectivity index (χ3v) is 2.50. The van der Waals surface area contributed by atoms with Gasteiger partial charge in [0.05, 0.1) is 0 Å². The van der Waals surface area contributed by atoms with Crippen molar-refractivity contribution in [2.45, 2.75) is 40.0 Å². The summed E-state index contributed by atoms with van der Waals surface area (Å²) in [5.74, 6) is 0. The van der Waals surface area contributed by atoms with Gasteiger partial charge in [-0.1, -0.05) is 43.5 Å². The smallest absolute Gasteiger partial charge is 0.0406 e. The van der Waals surface area contributed by atoms with Crippen LogP contribution in [-0.4, -0.2) is 6.54 Å². The maximum atomic E-state index is 2.35. The molecule has 0 fully saturated rings. The number of unbranched alkanes of at least 4 members (excludes halogenated alkanes) is 2. The summed E-state index contributed by atoms with van der Waals surface area (Å²) in [5, 5.41) is 0. The van der Waals surface area contributed by atoms with Gasteiger partial charge >= 0.3 is 0 Å². The lowest BCUT2D eigenvalue weighted by molar-refractivity contribution is 0.713. The van der Waals surface area contributed by atoms with Crippen molar-refractivity contribution in [1.82, 2.24) is 0 Å². The summed E-state index contributed by atoms with van der Waals surface area (Å²) in [5.41, 5.74) is 2.64. The number of para-hydroxylation sites is 1. The zero-order valence-corrected chi connectivity index (χ0v) is 10.7. The fourth-order valence-electron chi connectivity index (χ4n) is 1.73. The van der Waals surface area contributed by atoms with Crippen molar-refractivity contribution in [3.05, 3.63) is 42.1 Å². The fourth-order valence-corrected chi connectivity index (χ4v) is 1.73. The van der Waals surface area contributed by atoms with E-state index < -0.39 is 0 Å². The second-order valence-corrected chi connectivity index (χ2v) is 4.44. The first-order valence-electron chi connectivity index (χ1n) is 6.20. The summed E-state index contributed by atoms with van der Waals surface area (Å²) < 4.78 is 0. The number of rotatable bonds is 6. The van der Waals surface area contributed by atoms with Gasteiger partial charge in [0.25, 0.3) is 0 Å². The Bertz CT molecular complexity index is 309. The SMILES string of the molecule is CCCCCN(C=C(C)C)c1ccccc1. The highest BCUT2D eigenvalue weighted by atomic mass is 15.1. The first-order valence-corrected chi connectivity index (χ1v) is 6.20. The summed E-state index contributed by atoms with van der Waals surface area (Å²) in [6, 6.07) is 10.6. The fraction of sp³-hybridized carbons (Fsp3) is 0.467. The monoisotopic (exact) mass is 217 g/mol. The third kappa shape index (κ3) is 4.52. The van der Waals surface area contributed by atoms with E-state index in [0.717, 1.165) is 6.54 Å². The van der Waals surface area contributed by atoms with Gasteiger partial charge in [-0.15, -0.1) is 0 Å². The minimum absolute atomic E-state index is 1.11. The molecule has 0 amide bonds. The van der Waals surface area contributed by atoms with Crippen LogP contribution in [0.3, 0.4) is 0 Å².